The minimum absolute atomic E-state index is 0.170. The van der Waals surface area contributed by atoms with E-state index >= 15 is 0 Å². The Kier molecular flexibility index (Phi) is 9.15. The van der Waals surface area contributed by atoms with Crippen molar-refractivity contribution in [2.75, 3.05) is 45.4 Å². The van der Waals surface area contributed by atoms with Crippen LogP contribution >= 0.6 is 0 Å². The summed E-state index contributed by atoms with van der Waals surface area (Å²) in [6, 6.07) is 13.0. The van der Waals surface area contributed by atoms with Crippen LogP contribution in [0.1, 0.15) is 41.7 Å². The van der Waals surface area contributed by atoms with Gasteiger partial charge in [0.15, 0.2) is 0 Å². The van der Waals surface area contributed by atoms with Crippen molar-refractivity contribution in [3.8, 4) is 17.6 Å². The maximum absolute atomic E-state index is 13.6. The first kappa shape index (κ1) is 29.2. The van der Waals surface area contributed by atoms with Crippen molar-refractivity contribution in [3.63, 3.8) is 0 Å². The second kappa shape index (κ2) is 12.6. The summed E-state index contributed by atoms with van der Waals surface area (Å²) in [6.45, 7) is -0.955. The van der Waals surface area contributed by atoms with Gasteiger partial charge in [-0.05, 0) is 82.1 Å². The lowest BCUT2D eigenvalue weighted by Gasteiger charge is -2.33. The lowest BCUT2D eigenvalue weighted by molar-refractivity contribution is -0.140. The molecule has 10 heteroatoms. The van der Waals surface area contributed by atoms with E-state index in [1.165, 1.54) is 11.7 Å². The van der Waals surface area contributed by atoms with Gasteiger partial charge in [-0.1, -0.05) is 12.0 Å². The van der Waals surface area contributed by atoms with Gasteiger partial charge in [0, 0.05) is 35.8 Å². The quantitative estimate of drug-likeness (QED) is 0.328. The highest BCUT2D eigenvalue weighted by Gasteiger charge is 2.30. The standard InChI is InChI=1S/C30H36F3N5O2/c1-34-29(39)20-10-15-26(28(17-20)40-4)35-16-6-7-23-18-24-25(36-21-11-13-22(14-12-21)37(2)3)8-5-9-27(24)38(23)19-30(31,32)33/h5,8-10,15,17-18,21-22,35-36H,11-14,16,19H2,1-4H3,(H,34,39)/t21-,22+. The number of ether oxygens (including phenoxy) is 1. The van der Waals surface area contributed by atoms with Crippen molar-refractivity contribution in [2.45, 2.75) is 50.5 Å². The van der Waals surface area contributed by atoms with Crippen molar-refractivity contribution in [1.82, 2.24) is 14.8 Å². The normalized spacial score (nSPS) is 17.3. The minimum atomic E-state index is -4.39. The average Bonchev–Trinajstić information content (AvgIpc) is 3.27. The fourth-order valence-electron chi connectivity index (χ4n) is 5.22. The predicted octanol–water partition coefficient (Wildman–Crippen LogP) is 5.32. The van der Waals surface area contributed by atoms with Gasteiger partial charge >= 0.3 is 6.18 Å². The maximum Gasteiger partial charge on any atom is 0.406 e. The number of rotatable bonds is 8. The van der Waals surface area contributed by atoms with Gasteiger partial charge in [0.25, 0.3) is 5.91 Å². The third-order valence-corrected chi connectivity index (χ3v) is 7.34. The van der Waals surface area contributed by atoms with Gasteiger partial charge in [-0.15, -0.1) is 0 Å². The van der Waals surface area contributed by atoms with Gasteiger partial charge in [-0.3, -0.25) is 4.79 Å². The van der Waals surface area contributed by atoms with Crippen molar-refractivity contribution in [3.05, 3.63) is 53.7 Å². The molecule has 0 spiro atoms. The van der Waals surface area contributed by atoms with Gasteiger partial charge < -0.3 is 30.2 Å². The van der Waals surface area contributed by atoms with Gasteiger partial charge in [0.1, 0.15) is 12.3 Å². The van der Waals surface area contributed by atoms with E-state index in [9.17, 15) is 18.0 Å². The smallest absolute Gasteiger partial charge is 0.406 e. The van der Waals surface area contributed by atoms with Crippen LogP contribution in [0.2, 0.25) is 0 Å². The second-order valence-electron chi connectivity index (χ2n) is 10.2. The molecule has 0 radical (unpaired) electrons. The van der Waals surface area contributed by atoms with Gasteiger partial charge in [0.05, 0.1) is 30.6 Å². The molecule has 0 atom stereocenters. The molecular formula is C30H36F3N5O2. The molecule has 214 valence electrons. The van der Waals surface area contributed by atoms with Crippen LogP contribution in [0.4, 0.5) is 24.5 Å². The number of nitrogens with zero attached hydrogens (tertiary/aromatic N) is 2. The first-order valence-corrected chi connectivity index (χ1v) is 13.3. The average molecular weight is 556 g/mol. The molecule has 1 amide bonds. The number of amides is 1. The van der Waals surface area contributed by atoms with Crippen LogP contribution in [0.5, 0.6) is 5.75 Å². The Morgan fingerprint density at radius 3 is 2.50 bits per heavy atom. The van der Waals surface area contributed by atoms with Crippen molar-refractivity contribution in [2.24, 2.45) is 0 Å². The molecule has 1 saturated carbocycles. The number of fused-ring (bicyclic) bond motifs is 1. The molecule has 1 aliphatic carbocycles. The molecule has 1 fully saturated rings. The molecule has 4 rings (SSSR count). The first-order chi connectivity index (χ1) is 19.1. The second-order valence-corrected chi connectivity index (χ2v) is 10.2. The van der Waals surface area contributed by atoms with Crippen LogP contribution in [0.3, 0.4) is 0 Å². The summed E-state index contributed by atoms with van der Waals surface area (Å²) in [6.07, 6.45) is -0.213. The Bertz CT molecular complexity index is 1400. The summed E-state index contributed by atoms with van der Waals surface area (Å²) >= 11 is 0. The van der Waals surface area contributed by atoms with E-state index in [4.69, 9.17) is 4.74 Å². The molecule has 0 bridgehead atoms. The summed E-state index contributed by atoms with van der Waals surface area (Å²) in [5.74, 6) is 6.10. The summed E-state index contributed by atoms with van der Waals surface area (Å²) in [5, 5.41) is 10.00. The summed E-state index contributed by atoms with van der Waals surface area (Å²) in [7, 11) is 7.24. The monoisotopic (exact) mass is 555 g/mol. The van der Waals surface area contributed by atoms with Crippen LogP contribution in [-0.4, -0.2) is 68.4 Å². The van der Waals surface area contributed by atoms with E-state index in [0.717, 1.165) is 36.8 Å². The number of nitrogens with one attached hydrogen (secondary N) is 3. The fourth-order valence-corrected chi connectivity index (χ4v) is 5.22. The zero-order chi connectivity index (χ0) is 28.9. The lowest BCUT2D eigenvalue weighted by atomic mass is 9.90. The third-order valence-electron chi connectivity index (χ3n) is 7.34. The number of hydrogen-bond acceptors (Lipinski definition) is 5. The molecule has 0 aliphatic heterocycles. The van der Waals surface area contributed by atoms with Gasteiger partial charge in [0.2, 0.25) is 0 Å². The molecule has 1 aliphatic rings. The number of halogens is 3. The number of carbonyl (C=O) groups excluding carboxylic acids is 1. The Hall–Kier alpha value is -3.84. The fraction of sp³-hybridized carbons (Fsp3) is 0.433. The van der Waals surface area contributed by atoms with E-state index in [0.29, 0.717) is 34.3 Å². The van der Waals surface area contributed by atoms with Crippen molar-refractivity contribution < 1.29 is 22.7 Å². The molecule has 0 unspecified atom stereocenters. The summed E-state index contributed by atoms with van der Waals surface area (Å²) in [5.41, 5.74) is 2.68. The highest BCUT2D eigenvalue weighted by molar-refractivity contribution is 5.95. The highest BCUT2D eigenvalue weighted by Crippen LogP contribution is 2.32. The van der Waals surface area contributed by atoms with E-state index in [1.807, 2.05) is 6.07 Å². The number of benzene rings is 2. The topological polar surface area (TPSA) is 70.6 Å². The lowest BCUT2D eigenvalue weighted by Crippen LogP contribution is -2.36. The zero-order valence-corrected chi connectivity index (χ0v) is 23.3. The molecule has 40 heavy (non-hydrogen) atoms. The maximum atomic E-state index is 13.6. The number of alkyl halides is 3. The van der Waals surface area contributed by atoms with Crippen LogP contribution in [0.15, 0.2) is 42.5 Å². The van der Waals surface area contributed by atoms with E-state index in [1.54, 1.807) is 43.4 Å². The van der Waals surface area contributed by atoms with E-state index < -0.39 is 12.7 Å². The summed E-state index contributed by atoms with van der Waals surface area (Å²) < 4.78 is 47.3. The largest absolute Gasteiger partial charge is 0.495 e. The Morgan fingerprint density at radius 1 is 1.10 bits per heavy atom. The Balaban J connectivity index is 1.56. The first-order valence-electron chi connectivity index (χ1n) is 13.3. The molecule has 2 aromatic carbocycles. The SMILES string of the molecule is CNC(=O)c1ccc(NCC#Cc2cc3c(N[C@H]4CC[C@@H](N(C)C)CC4)cccc3n2CC(F)(F)F)c(OC)c1. The molecule has 3 N–H and O–H groups in total. The highest BCUT2D eigenvalue weighted by atomic mass is 19.4. The van der Waals surface area contributed by atoms with Gasteiger partial charge in [-0.2, -0.15) is 13.2 Å². The molecule has 0 saturated heterocycles. The Labute approximate surface area is 233 Å². The van der Waals surface area contributed by atoms with Crippen LogP contribution < -0.4 is 20.7 Å². The molecule has 1 heterocycles. The molecule has 1 aromatic heterocycles. The third kappa shape index (κ3) is 7.02. The number of carbonyl (C=O) groups is 1. The molecule has 3 aromatic rings. The van der Waals surface area contributed by atoms with Crippen LogP contribution in [-0.2, 0) is 6.54 Å². The van der Waals surface area contributed by atoms with Crippen LogP contribution in [0, 0.1) is 11.8 Å². The van der Waals surface area contributed by atoms with Gasteiger partial charge in [-0.25, -0.2) is 0 Å². The number of aromatic nitrogens is 1. The Morgan fingerprint density at radius 2 is 1.85 bits per heavy atom. The minimum Gasteiger partial charge on any atom is -0.495 e. The van der Waals surface area contributed by atoms with E-state index in [-0.39, 0.29) is 18.5 Å². The number of anilines is 2. The predicted molar refractivity (Wildman–Crippen MR) is 153 cm³/mol. The zero-order valence-electron chi connectivity index (χ0n) is 23.3. The van der Waals surface area contributed by atoms with Crippen LogP contribution in [0.25, 0.3) is 10.9 Å². The summed E-state index contributed by atoms with van der Waals surface area (Å²) in [4.78, 5) is 14.1. The van der Waals surface area contributed by atoms with Crippen molar-refractivity contribution >= 4 is 28.2 Å². The molecular weight excluding hydrogens is 519 g/mol. The number of hydrogen-bond donors (Lipinski definition) is 3. The number of methoxy groups -OCH3 is 1. The van der Waals surface area contributed by atoms with Crippen molar-refractivity contribution in [1.29, 1.82) is 0 Å². The van der Waals surface area contributed by atoms with E-state index in [2.05, 4.69) is 46.8 Å². The molecule has 7 nitrogen and oxygen atoms in total.